The van der Waals surface area contributed by atoms with E-state index in [2.05, 4.69) is 15.6 Å². The number of aromatic amines is 1. The molecule has 1 aromatic rings. The Morgan fingerprint density at radius 1 is 1.18 bits per heavy atom. The third kappa shape index (κ3) is 5.00. The quantitative estimate of drug-likeness (QED) is 0.776. The van der Waals surface area contributed by atoms with Crippen LogP contribution in [0.2, 0.25) is 0 Å². The maximum absolute atomic E-state index is 12.0. The molecule has 2 aliphatic heterocycles. The number of hydrogen-bond donors (Lipinski definition) is 3. The van der Waals surface area contributed by atoms with Crippen LogP contribution in [0.1, 0.15) is 37.7 Å². The number of piperidine rings is 1. The predicted molar refractivity (Wildman–Crippen MR) is 90.7 cm³/mol. The third-order valence-electron chi connectivity index (χ3n) is 4.38. The van der Waals surface area contributed by atoms with Gasteiger partial charge in [-0.15, -0.1) is 24.8 Å². The first kappa shape index (κ1) is 19.0. The molecule has 2 saturated heterocycles. The van der Waals surface area contributed by atoms with Gasteiger partial charge in [0.15, 0.2) is 0 Å². The Bertz CT molecular complexity index is 517. The lowest BCUT2D eigenvalue weighted by atomic mass is 9.89. The molecule has 7 heteroatoms. The van der Waals surface area contributed by atoms with Gasteiger partial charge in [0.05, 0.1) is 0 Å². The first-order chi connectivity index (χ1) is 9.69. The molecule has 2 unspecified atom stereocenters. The van der Waals surface area contributed by atoms with Gasteiger partial charge in [-0.3, -0.25) is 9.59 Å². The lowest BCUT2D eigenvalue weighted by Gasteiger charge is -2.28. The maximum Gasteiger partial charge on any atom is 0.247 e. The Balaban J connectivity index is 0.00000121. The van der Waals surface area contributed by atoms with Crippen LogP contribution in [-0.2, 0) is 11.3 Å². The van der Waals surface area contributed by atoms with Crippen molar-refractivity contribution in [2.45, 2.75) is 50.7 Å². The molecule has 2 aliphatic rings. The Kier molecular flexibility index (Phi) is 7.39. The summed E-state index contributed by atoms with van der Waals surface area (Å²) in [5.41, 5.74) is 0.800. The Morgan fingerprint density at radius 2 is 1.86 bits per heavy atom. The summed E-state index contributed by atoms with van der Waals surface area (Å²) in [5, 5.41) is 6.53. The third-order valence-corrected chi connectivity index (χ3v) is 4.38. The smallest absolute Gasteiger partial charge is 0.247 e. The van der Waals surface area contributed by atoms with Crippen molar-refractivity contribution in [3.05, 3.63) is 34.2 Å². The summed E-state index contributed by atoms with van der Waals surface area (Å²) in [7, 11) is 0. The lowest BCUT2D eigenvalue weighted by molar-refractivity contribution is -0.122. The van der Waals surface area contributed by atoms with Crippen LogP contribution in [0.15, 0.2) is 23.1 Å². The van der Waals surface area contributed by atoms with E-state index in [0.29, 0.717) is 31.0 Å². The predicted octanol–water partition coefficient (Wildman–Crippen LogP) is 1.76. The molecule has 2 bridgehead atoms. The van der Waals surface area contributed by atoms with E-state index in [1.165, 1.54) is 18.9 Å². The summed E-state index contributed by atoms with van der Waals surface area (Å²) in [5.74, 6) is 0.631. The van der Waals surface area contributed by atoms with Gasteiger partial charge in [0, 0.05) is 37.3 Å². The van der Waals surface area contributed by atoms with Crippen LogP contribution in [-0.4, -0.2) is 23.0 Å². The van der Waals surface area contributed by atoms with Crippen molar-refractivity contribution < 1.29 is 4.79 Å². The lowest BCUT2D eigenvalue weighted by Crippen LogP contribution is -2.39. The summed E-state index contributed by atoms with van der Waals surface area (Å²) < 4.78 is 0. The van der Waals surface area contributed by atoms with Crippen LogP contribution in [0.25, 0.3) is 0 Å². The van der Waals surface area contributed by atoms with E-state index < -0.39 is 0 Å². The summed E-state index contributed by atoms with van der Waals surface area (Å²) in [6.07, 6.45) is 7.05. The molecule has 3 rings (SSSR count). The number of halogens is 2. The van der Waals surface area contributed by atoms with E-state index in [1.807, 2.05) is 0 Å². The standard InChI is InChI=1S/C15H21N3O2.2ClH/c19-14-4-1-10(8-16-14)9-17-15(20)7-11-5-12-2-3-13(6-11)18-12;;/h1,4,8,11-13,18H,2-3,5-7,9H2,(H,16,19)(H,17,20);2*1H. The highest BCUT2D eigenvalue weighted by molar-refractivity contribution is 5.85. The summed E-state index contributed by atoms with van der Waals surface area (Å²) in [6.45, 7) is 0.480. The van der Waals surface area contributed by atoms with E-state index in [-0.39, 0.29) is 36.3 Å². The van der Waals surface area contributed by atoms with Crippen molar-refractivity contribution in [2.24, 2.45) is 5.92 Å². The van der Waals surface area contributed by atoms with Crippen molar-refractivity contribution in [1.29, 1.82) is 0 Å². The van der Waals surface area contributed by atoms with E-state index in [0.717, 1.165) is 18.4 Å². The van der Waals surface area contributed by atoms with Gasteiger partial charge in [0.25, 0.3) is 0 Å². The zero-order valence-corrected chi connectivity index (χ0v) is 14.0. The molecule has 22 heavy (non-hydrogen) atoms. The fourth-order valence-electron chi connectivity index (χ4n) is 3.43. The van der Waals surface area contributed by atoms with Crippen LogP contribution >= 0.6 is 24.8 Å². The van der Waals surface area contributed by atoms with Crippen molar-refractivity contribution in [3.63, 3.8) is 0 Å². The average molecular weight is 348 g/mol. The highest BCUT2D eigenvalue weighted by Crippen LogP contribution is 2.32. The second-order valence-electron chi connectivity index (χ2n) is 6.02. The number of amides is 1. The van der Waals surface area contributed by atoms with Crippen molar-refractivity contribution >= 4 is 30.7 Å². The summed E-state index contributed by atoms with van der Waals surface area (Å²) in [4.78, 5) is 25.5. The van der Waals surface area contributed by atoms with Gasteiger partial charge in [0.2, 0.25) is 11.5 Å². The fraction of sp³-hybridized carbons (Fsp3) is 0.600. The van der Waals surface area contributed by atoms with E-state index >= 15 is 0 Å². The minimum atomic E-state index is -0.120. The molecule has 3 N–H and O–H groups in total. The topological polar surface area (TPSA) is 74.0 Å². The normalized spacial score (nSPS) is 25.7. The molecule has 5 nitrogen and oxygen atoms in total. The van der Waals surface area contributed by atoms with E-state index in [4.69, 9.17) is 0 Å². The van der Waals surface area contributed by atoms with Crippen LogP contribution in [0.3, 0.4) is 0 Å². The van der Waals surface area contributed by atoms with E-state index in [9.17, 15) is 9.59 Å². The summed E-state index contributed by atoms with van der Waals surface area (Å²) in [6, 6.07) is 4.48. The largest absolute Gasteiger partial charge is 0.352 e. The number of nitrogens with one attached hydrogen (secondary N) is 3. The average Bonchev–Trinajstić information content (AvgIpc) is 2.77. The first-order valence-electron chi connectivity index (χ1n) is 7.39. The molecule has 2 atom stereocenters. The first-order valence-corrected chi connectivity index (χ1v) is 7.39. The van der Waals surface area contributed by atoms with Crippen LogP contribution < -0.4 is 16.2 Å². The van der Waals surface area contributed by atoms with Crippen LogP contribution in [0.5, 0.6) is 0 Å². The molecule has 3 heterocycles. The highest BCUT2D eigenvalue weighted by Gasteiger charge is 2.33. The highest BCUT2D eigenvalue weighted by atomic mass is 35.5. The van der Waals surface area contributed by atoms with Gasteiger partial charge >= 0.3 is 0 Å². The van der Waals surface area contributed by atoms with Crippen molar-refractivity contribution in [2.75, 3.05) is 0 Å². The second kappa shape index (κ2) is 8.56. The molecule has 2 fully saturated rings. The minimum absolute atomic E-state index is 0. The number of rotatable bonds is 4. The Hall–Kier alpha value is -1.04. The molecular weight excluding hydrogens is 325 g/mol. The van der Waals surface area contributed by atoms with Gasteiger partial charge in [0.1, 0.15) is 0 Å². The van der Waals surface area contributed by atoms with Gasteiger partial charge < -0.3 is 15.6 Å². The molecule has 124 valence electrons. The SMILES string of the molecule is Cl.Cl.O=C(CC1CC2CCC(C1)N2)NCc1ccc(=O)[nH]c1. The number of carbonyl (C=O) groups is 1. The molecular formula is C15H23Cl2N3O2. The molecule has 0 aromatic carbocycles. The number of hydrogen-bond acceptors (Lipinski definition) is 3. The van der Waals surface area contributed by atoms with Crippen molar-refractivity contribution in [3.8, 4) is 0 Å². The number of H-pyrrole nitrogens is 1. The molecule has 0 spiro atoms. The van der Waals surface area contributed by atoms with Crippen molar-refractivity contribution in [1.82, 2.24) is 15.6 Å². The molecule has 0 radical (unpaired) electrons. The van der Waals surface area contributed by atoms with Crippen LogP contribution in [0.4, 0.5) is 0 Å². The number of pyridine rings is 1. The van der Waals surface area contributed by atoms with Gasteiger partial charge in [-0.2, -0.15) is 0 Å². The molecule has 0 saturated carbocycles. The van der Waals surface area contributed by atoms with Gasteiger partial charge in [-0.1, -0.05) is 6.07 Å². The van der Waals surface area contributed by atoms with Crippen LogP contribution in [0, 0.1) is 5.92 Å². The molecule has 1 aromatic heterocycles. The number of fused-ring (bicyclic) bond motifs is 2. The zero-order valence-electron chi connectivity index (χ0n) is 12.3. The molecule has 1 amide bonds. The zero-order chi connectivity index (χ0) is 13.9. The van der Waals surface area contributed by atoms with Gasteiger partial charge in [-0.25, -0.2) is 0 Å². The Labute approximate surface area is 142 Å². The second-order valence-corrected chi connectivity index (χ2v) is 6.02. The number of carbonyl (C=O) groups excluding carboxylic acids is 1. The fourth-order valence-corrected chi connectivity index (χ4v) is 3.43. The minimum Gasteiger partial charge on any atom is -0.352 e. The molecule has 0 aliphatic carbocycles. The maximum atomic E-state index is 12.0. The monoisotopic (exact) mass is 347 g/mol. The number of aromatic nitrogens is 1. The van der Waals surface area contributed by atoms with Gasteiger partial charge in [-0.05, 0) is 37.2 Å². The Morgan fingerprint density at radius 3 is 2.45 bits per heavy atom. The summed E-state index contributed by atoms with van der Waals surface area (Å²) >= 11 is 0. The van der Waals surface area contributed by atoms with E-state index in [1.54, 1.807) is 12.3 Å².